The van der Waals surface area contributed by atoms with Crippen molar-refractivity contribution < 1.29 is 4.79 Å². The molecular weight excluding hydrogens is 496 g/mol. The number of rotatable bonds is 9. The van der Waals surface area contributed by atoms with E-state index in [9.17, 15) is 4.79 Å². The quantitative estimate of drug-likeness (QED) is 0.247. The Morgan fingerprint density at radius 2 is 1.79 bits per heavy atom. The van der Waals surface area contributed by atoms with E-state index in [0.717, 1.165) is 55.2 Å². The Hall–Kier alpha value is -3.11. The van der Waals surface area contributed by atoms with Crippen molar-refractivity contribution in [2.45, 2.75) is 68.0 Å². The molecule has 5 N–H and O–H groups in total. The molecule has 0 unspecified atom stereocenters. The molecule has 0 atom stereocenters. The number of nitrogens with zero attached hydrogens (tertiary/aromatic N) is 5. The molecule has 5 rings (SSSR count). The topological polar surface area (TPSA) is 126 Å². The zero-order valence-corrected chi connectivity index (χ0v) is 22.9. The number of hydrogen-bond donors (Lipinski definition) is 3. The number of anilines is 2. The molecule has 0 bridgehead atoms. The van der Waals surface area contributed by atoms with E-state index in [1.54, 1.807) is 13.0 Å². The Balaban J connectivity index is 1.30. The van der Waals surface area contributed by atoms with Crippen molar-refractivity contribution in [1.29, 1.82) is 0 Å². The summed E-state index contributed by atoms with van der Waals surface area (Å²) in [6.45, 7) is 6.15. The Morgan fingerprint density at radius 1 is 1.08 bits per heavy atom. The Labute approximate surface area is 229 Å². The average molecular weight is 535 g/mol. The molecule has 9 nitrogen and oxygen atoms in total. The lowest BCUT2D eigenvalue weighted by atomic mass is 10.0. The van der Waals surface area contributed by atoms with Gasteiger partial charge in [0.05, 0.1) is 0 Å². The van der Waals surface area contributed by atoms with E-state index in [1.807, 2.05) is 30.3 Å². The lowest BCUT2D eigenvalue weighted by molar-refractivity contribution is -0.116. The fraction of sp³-hybridized carbons (Fsp3) is 0.500. The molecule has 3 heterocycles. The Kier molecular flexibility index (Phi) is 8.48. The highest BCUT2D eigenvalue weighted by Crippen LogP contribution is 2.33. The van der Waals surface area contributed by atoms with Crippen LogP contribution in [0.2, 0.25) is 0 Å². The number of likely N-dealkylation sites (tertiary alicyclic amines) is 1. The molecule has 0 spiro atoms. The molecular formula is C28H38N8OS. The molecule has 1 amide bonds. The minimum Gasteiger partial charge on any atom is -0.402 e. The summed E-state index contributed by atoms with van der Waals surface area (Å²) in [5.41, 5.74) is 13.3. The molecule has 2 aliphatic heterocycles. The van der Waals surface area contributed by atoms with Gasteiger partial charge in [-0.15, -0.1) is 0 Å². The molecule has 1 aliphatic carbocycles. The van der Waals surface area contributed by atoms with E-state index in [2.05, 4.69) is 25.1 Å². The van der Waals surface area contributed by atoms with Gasteiger partial charge in [-0.3, -0.25) is 4.79 Å². The highest BCUT2D eigenvalue weighted by molar-refractivity contribution is 7.99. The summed E-state index contributed by atoms with van der Waals surface area (Å²) in [4.78, 5) is 32.2. The van der Waals surface area contributed by atoms with E-state index >= 15 is 0 Å². The summed E-state index contributed by atoms with van der Waals surface area (Å²) in [7, 11) is 0. The van der Waals surface area contributed by atoms with Gasteiger partial charge in [0, 0.05) is 47.9 Å². The maximum Gasteiger partial charge on any atom is 0.224 e. The first-order valence-electron chi connectivity index (χ1n) is 13.6. The highest BCUT2D eigenvalue weighted by Gasteiger charge is 2.27. The van der Waals surface area contributed by atoms with Crippen molar-refractivity contribution >= 4 is 40.8 Å². The maximum absolute atomic E-state index is 12.1. The fourth-order valence-electron chi connectivity index (χ4n) is 5.14. The number of allylic oxidation sites excluding steroid dienone is 1. The van der Waals surface area contributed by atoms with Gasteiger partial charge < -0.3 is 26.6 Å². The molecule has 1 aromatic carbocycles. The van der Waals surface area contributed by atoms with Crippen LogP contribution in [0.4, 0.5) is 17.3 Å². The standard InChI is InChI=1S/C28H38N8OS/c1-19(29)16-24(30)32-25-18-26(36-14-10-22(11-15-36)35-12-2-3-13-35)34-28(33-25)38-23-8-6-21(7-9-23)31-27(37)17-20-4-5-20/h6-9,16,18,20,22H,2-5,10-15,17,29H2,1H3,(H,31,37)(H2,30,32,33,34). The average Bonchev–Trinajstić information content (AvgIpc) is 3.52. The zero-order valence-electron chi connectivity index (χ0n) is 22.1. The molecule has 38 heavy (non-hydrogen) atoms. The van der Waals surface area contributed by atoms with E-state index in [-0.39, 0.29) is 5.91 Å². The van der Waals surface area contributed by atoms with Gasteiger partial charge in [-0.05, 0) is 107 Å². The summed E-state index contributed by atoms with van der Waals surface area (Å²) in [6, 6.07) is 10.4. The molecule has 3 aliphatic rings. The number of hydrogen-bond acceptors (Lipinski definition) is 8. The first-order valence-corrected chi connectivity index (χ1v) is 14.5. The van der Waals surface area contributed by atoms with E-state index in [0.29, 0.717) is 40.9 Å². The summed E-state index contributed by atoms with van der Waals surface area (Å²) in [5.74, 6) is 2.34. The number of carbonyl (C=O) groups is 1. The number of amidine groups is 1. The van der Waals surface area contributed by atoms with Crippen LogP contribution < -0.4 is 21.7 Å². The second kappa shape index (κ2) is 12.2. The number of benzene rings is 1. The summed E-state index contributed by atoms with van der Waals surface area (Å²) in [5, 5.41) is 3.60. The number of piperidine rings is 1. The maximum atomic E-state index is 12.1. The van der Waals surface area contributed by atoms with Crippen LogP contribution in [0.1, 0.15) is 51.9 Å². The molecule has 1 saturated carbocycles. The molecule has 1 aromatic heterocycles. The summed E-state index contributed by atoms with van der Waals surface area (Å²) < 4.78 is 0. The zero-order chi connectivity index (χ0) is 26.5. The Bertz CT molecular complexity index is 1180. The van der Waals surface area contributed by atoms with Crippen LogP contribution in [0.15, 0.2) is 57.1 Å². The lowest BCUT2D eigenvalue weighted by Crippen LogP contribution is -2.44. The normalized spacial score (nSPS) is 19.7. The van der Waals surface area contributed by atoms with Crippen molar-refractivity contribution in [2.24, 2.45) is 22.4 Å². The monoisotopic (exact) mass is 534 g/mol. The van der Waals surface area contributed by atoms with Crippen molar-refractivity contribution in [3.63, 3.8) is 0 Å². The molecule has 3 fully saturated rings. The third kappa shape index (κ3) is 7.48. The van der Waals surface area contributed by atoms with Gasteiger partial charge in [0.15, 0.2) is 11.0 Å². The van der Waals surface area contributed by atoms with Gasteiger partial charge in [-0.2, -0.15) is 0 Å². The largest absolute Gasteiger partial charge is 0.402 e. The van der Waals surface area contributed by atoms with Crippen molar-refractivity contribution in [2.75, 3.05) is 36.4 Å². The lowest BCUT2D eigenvalue weighted by Gasteiger charge is -2.37. The molecule has 202 valence electrons. The number of aliphatic imine (C=N–C) groups is 1. The van der Waals surface area contributed by atoms with Gasteiger partial charge >= 0.3 is 0 Å². The van der Waals surface area contributed by atoms with Crippen molar-refractivity contribution in [1.82, 2.24) is 14.9 Å². The minimum absolute atomic E-state index is 0.0827. The third-order valence-electron chi connectivity index (χ3n) is 7.26. The second-order valence-electron chi connectivity index (χ2n) is 10.6. The van der Waals surface area contributed by atoms with Crippen LogP contribution >= 0.6 is 11.8 Å². The summed E-state index contributed by atoms with van der Waals surface area (Å²) in [6.07, 6.45) is 9.48. The van der Waals surface area contributed by atoms with Crippen LogP contribution in [0.25, 0.3) is 0 Å². The summed E-state index contributed by atoms with van der Waals surface area (Å²) >= 11 is 1.47. The van der Waals surface area contributed by atoms with Gasteiger partial charge in [-0.1, -0.05) is 0 Å². The predicted octanol–water partition coefficient (Wildman–Crippen LogP) is 4.28. The van der Waals surface area contributed by atoms with Gasteiger partial charge in [0.25, 0.3) is 0 Å². The van der Waals surface area contributed by atoms with Crippen molar-refractivity contribution in [3.05, 3.63) is 42.1 Å². The molecule has 10 heteroatoms. The smallest absolute Gasteiger partial charge is 0.224 e. The first-order chi connectivity index (χ1) is 18.4. The van der Waals surface area contributed by atoms with Gasteiger partial charge in [-0.25, -0.2) is 15.0 Å². The number of nitrogens with two attached hydrogens (primary N) is 2. The van der Waals surface area contributed by atoms with Crippen LogP contribution in [0.3, 0.4) is 0 Å². The van der Waals surface area contributed by atoms with Crippen LogP contribution in [0, 0.1) is 5.92 Å². The SMILES string of the molecule is CC(N)=CC(N)=Nc1cc(N2CCC(N3CCCC3)CC2)nc(Sc2ccc(NC(=O)CC3CC3)cc2)n1. The van der Waals surface area contributed by atoms with Gasteiger partial charge in [0.1, 0.15) is 11.7 Å². The number of carbonyl (C=O) groups excluding carboxylic acids is 1. The second-order valence-corrected chi connectivity index (χ2v) is 11.6. The molecule has 0 radical (unpaired) electrons. The predicted molar refractivity (Wildman–Crippen MR) is 154 cm³/mol. The number of nitrogens with one attached hydrogen (secondary N) is 1. The van der Waals surface area contributed by atoms with Crippen LogP contribution in [0.5, 0.6) is 0 Å². The van der Waals surface area contributed by atoms with Gasteiger partial charge in [0.2, 0.25) is 5.91 Å². The van der Waals surface area contributed by atoms with E-state index in [1.165, 1.54) is 37.7 Å². The number of aromatic nitrogens is 2. The number of amides is 1. The Morgan fingerprint density at radius 3 is 2.45 bits per heavy atom. The van der Waals surface area contributed by atoms with Crippen LogP contribution in [-0.4, -0.2) is 58.8 Å². The van der Waals surface area contributed by atoms with Crippen molar-refractivity contribution in [3.8, 4) is 0 Å². The molecule has 2 aromatic rings. The third-order valence-corrected chi connectivity index (χ3v) is 8.13. The first kappa shape index (κ1) is 26.5. The van der Waals surface area contributed by atoms with E-state index < -0.39 is 0 Å². The fourth-order valence-corrected chi connectivity index (χ4v) is 5.90. The minimum atomic E-state index is 0.0827. The van der Waals surface area contributed by atoms with E-state index in [4.69, 9.17) is 16.5 Å². The molecule has 2 saturated heterocycles. The van der Waals surface area contributed by atoms with Crippen LogP contribution in [-0.2, 0) is 4.79 Å². The highest BCUT2D eigenvalue weighted by atomic mass is 32.2.